The van der Waals surface area contributed by atoms with Crippen molar-refractivity contribution in [3.63, 3.8) is 0 Å². The lowest BCUT2D eigenvalue weighted by atomic mass is 9.95. The Morgan fingerprint density at radius 3 is 2.51 bits per heavy atom. The number of aromatic nitrogens is 2. The number of carbonyl (C=O) groups excluding carboxylic acids is 1. The van der Waals surface area contributed by atoms with Crippen LogP contribution in [0.4, 0.5) is 4.79 Å². The van der Waals surface area contributed by atoms with Gasteiger partial charge in [0.1, 0.15) is 0 Å². The summed E-state index contributed by atoms with van der Waals surface area (Å²) in [7, 11) is 0. The Kier molecular flexibility index (Phi) is 11.1. The van der Waals surface area contributed by atoms with Crippen LogP contribution in [-0.4, -0.2) is 45.2 Å². The second kappa shape index (κ2) is 14.5. The number of hydrogen-bond acceptors (Lipinski definition) is 5. The normalized spacial score (nSPS) is 15.8. The number of carboxylic acid groups (broad SMARTS) is 1. The third kappa shape index (κ3) is 9.34. The molecule has 0 saturated carbocycles. The van der Waals surface area contributed by atoms with Crippen molar-refractivity contribution in [3.8, 4) is 11.4 Å². The van der Waals surface area contributed by atoms with Crippen LogP contribution in [0.5, 0.6) is 0 Å². The van der Waals surface area contributed by atoms with Gasteiger partial charge in [0.25, 0.3) is 0 Å². The van der Waals surface area contributed by atoms with E-state index < -0.39 is 6.09 Å². The highest BCUT2D eigenvalue weighted by Crippen LogP contribution is 2.20. The molecule has 0 aliphatic carbocycles. The summed E-state index contributed by atoms with van der Waals surface area (Å²) in [6, 6.07) is 8.28. The number of nitrogens with one attached hydrogen (secondary N) is 1. The smallest absolute Gasteiger partial charge is 0.407 e. The fourth-order valence-corrected chi connectivity index (χ4v) is 4.64. The zero-order valence-corrected chi connectivity index (χ0v) is 21.0. The first kappa shape index (κ1) is 26.7. The van der Waals surface area contributed by atoms with Gasteiger partial charge in [-0.1, -0.05) is 81.3 Å². The first-order valence-electron chi connectivity index (χ1n) is 13.2. The fraction of sp³-hybridized carbons (Fsp3) is 0.630. The van der Waals surface area contributed by atoms with Gasteiger partial charge in [-0.25, -0.2) is 4.79 Å². The van der Waals surface area contributed by atoms with Crippen LogP contribution in [-0.2, 0) is 17.8 Å². The van der Waals surface area contributed by atoms with Gasteiger partial charge in [0.15, 0.2) is 0 Å². The highest BCUT2D eigenvalue weighted by atomic mass is 16.5. The van der Waals surface area contributed by atoms with E-state index in [-0.39, 0.29) is 18.4 Å². The molecule has 2 N–H and O–H groups in total. The third-order valence-electron chi connectivity index (χ3n) is 6.70. The van der Waals surface area contributed by atoms with Crippen LogP contribution in [0.15, 0.2) is 28.8 Å². The maximum absolute atomic E-state index is 12.3. The van der Waals surface area contributed by atoms with E-state index in [9.17, 15) is 9.59 Å². The molecule has 192 valence electrons. The Labute approximate surface area is 208 Å². The van der Waals surface area contributed by atoms with Crippen molar-refractivity contribution < 1.29 is 19.2 Å². The van der Waals surface area contributed by atoms with Crippen LogP contribution < -0.4 is 5.32 Å². The van der Waals surface area contributed by atoms with Gasteiger partial charge in [-0.3, -0.25) is 4.79 Å². The summed E-state index contributed by atoms with van der Waals surface area (Å²) < 4.78 is 5.30. The molecule has 1 saturated heterocycles. The SMILES string of the molecule is CCCCCCCCCCc1ccc(-c2noc(CNC(=O)CC3CCCN(C(=O)O)C3)n2)cc1. The molecule has 1 aliphatic rings. The Morgan fingerprint density at radius 1 is 1.09 bits per heavy atom. The van der Waals surface area contributed by atoms with E-state index in [1.54, 1.807) is 0 Å². The standard InChI is InChI=1S/C27H40N4O4/c1-2-3-4-5-6-7-8-9-11-21-13-15-23(16-14-21)26-29-25(35-30-26)19-28-24(32)18-22-12-10-17-31(20-22)27(33)34/h13-16,22H,2-12,17-20H2,1H3,(H,28,32)(H,33,34). The highest BCUT2D eigenvalue weighted by molar-refractivity contribution is 5.76. The quantitative estimate of drug-likeness (QED) is 0.327. The molecule has 3 rings (SSSR count). The summed E-state index contributed by atoms with van der Waals surface area (Å²) >= 11 is 0. The molecule has 0 spiro atoms. The molecule has 2 heterocycles. The molecule has 35 heavy (non-hydrogen) atoms. The maximum Gasteiger partial charge on any atom is 0.407 e. The molecule has 0 radical (unpaired) electrons. The average Bonchev–Trinajstić information content (AvgIpc) is 3.34. The van der Waals surface area contributed by atoms with Crippen LogP contribution in [0.25, 0.3) is 11.4 Å². The number of rotatable bonds is 14. The molecule has 1 unspecified atom stereocenters. The van der Waals surface area contributed by atoms with Gasteiger partial charge in [0.2, 0.25) is 17.6 Å². The largest absolute Gasteiger partial charge is 0.465 e. The molecule has 1 aromatic heterocycles. The van der Waals surface area contributed by atoms with Gasteiger partial charge >= 0.3 is 6.09 Å². The van der Waals surface area contributed by atoms with Crippen LogP contribution in [0.1, 0.15) is 89.0 Å². The number of carbonyl (C=O) groups is 2. The molecule has 1 aliphatic heterocycles. The molecular formula is C27H40N4O4. The van der Waals surface area contributed by atoms with E-state index in [1.165, 1.54) is 61.8 Å². The Balaban J connectivity index is 1.36. The van der Waals surface area contributed by atoms with Gasteiger partial charge in [-0.15, -0.1) is 0 Å². The van der Waals surface area contributed by atoms with Crippen molar-refractivity contribution in [2.75, 3.05) is 13.1 Å². The van der Waals surface area contributed by atoms with E-state index in [1.807, 2.05) is 12.1 Å². The zero-order chi connectivity index (χ0) is 24.9. The van der Waals surface area contributed by atoms with E-state index in [4.69, 9.17) is 9.63 Å². The number of unbranched alkanes of at least 4 members (excludes halogenated alkanes) is 7. The number of amides is 2. The predicted molar refractivity (Wildman–Crippen MR) is 135 cm³/mol. The van der Waals surface area contributed by atoms with E-state index >= 15 is 0 Å². The summed E-state index contributed by atoms with van der Waals surface area (Å²) in [5.41, 5.74) is 2.21. The number of likely N-dealkylation sites (tertiary alicyclic amines) is 1. The Hall–Kier alpha value is -2.90. The molecule has 0 bridgehead atoms. The molecule has 1 aromatic carbocycles. The van der Waals surface area contributed by atoms with Gasteiger partial charge < -0.3 is 19.8 Å². The minimum atomic E-state index is -0.922. The maximum atomic E-state index is 12.3. The summed E-state index contributed by atoms with van der Waals surface area (Å²) in [6.45, 7) is 3.36. The first-order valence-corrected chi connectivity index (χ1v) is 13.2. The fourth-order valence-electron chi connectivity index (χ4n) is 4.64. The second-order valence-corrected chi connectivity index (χ2v) is 9.65. The molecule has 2 aromatic rings. The van der Waals surface area contributed by atoms with Crippen molar-refractivity contribution >= 4 is 12.0 Å². The Bertz CT molecular complexity index is 912. The van der Waals surface area contributed by atoms with Crippen molar-refractivity contribution in [3.05, 3.63) is 35.7 Å². The summed E-state index contributed by atoms with van der Waals surface area (Å²) in [4.78, 5) is 29.2. The molecule has 2 amide bonds. The second-order valence-electron chi connectivity index (χ2n) is 9.65. The van der Waals surface area contributed by atoms with Crippen LogP contribution >= 0.6 is 0 Å². The lowest BCUT2D eigenvalue weighted by Crippen LogP contribution is -2.40. The van der Waals surface area contributed by atoms with Crippen molar-refractivity contribution in [2.24, 2.45) is 5.92 Å². The van der Waals surface area contributed by atoms with E-state index in [0.29, 0.717) is 31.2 Å². The van der Waals surface area contributed by atoms with Gasteiger partial charge in [-0.2, -0.15) is 4.98 Å². The number of benzene rings is 1. The number of nitrogens with zero attached hydrogens (tertiary/aromatic N) is 3. The third-order valence-corrected chi connectivity index (χ3v) is 6.70. The van der Waals surface area contributed by atoms with Crippen LogP contribution in [0, 0.1) is 5.92 Å². The molecule has 1 fully saturated rings. The number of aryl methyl sites for hydroxylation is 1. The van der Waals surface area contributed by atoms with E-state index in [0.717, 1.165) is 24.8 Å². The van der Waals surface area contributed by atoms with Crippen molar-refractivity contribution in [1.82, 2.24) is 20.4 Å². The monoisotopic (exact) mass is 484 g/mol. The van der Waals surface area contributed by atoms with Crippen molar-refractivity contribution in [1.29, 1.82) is 0 Å². The average molecular weight is 485 g/mol. The van der Waals surface area contributed by atoms with Crippen molar-refractivity contribution in [2.45, 2.75) is 90.5 Å². The lowest BCUT2D eigenvalue weighted by molar-refractivity contribution is -0.122. The zero-order valence-electron chi connectivity index (χ0n) is 21.0. The minimum absolute atomic E-state index is 0.0439. The first-order chi connectivity index (χ1) is 17.0. The van der Waals surface area contributed by atoms with Gasteiger partial charge in [0, 0.05) is 25.1 Å². The predicted octanol–water partition coefficient (Wildman–Crippen LogP) is 5.82. The van der Waals surface area contributed by atoms with Crippen LogP contribution in [0.3, 0.4) is 0 Å². The summed E-state index contributed by atoms with van der Waals surface area (Å²) in [6.07, 6.45) is 12.7. The minimum Gasteiger partial charge on any atom is -0.465 e. The van der Waals surface area contributed by atoms with E-state index in [2.05, 4.69) is 34.5 Å². The number of hydrogen-bond donors (Lipinski definition) is 2. The Morgan fingerprint density at radius 2 is 1.80 bits per heavy atom. The molecule has 8 nitrogen and oxygen atoms in total. The highest BCUT2D eigenvalue weighted by Gasteiger charge is 2.25. The van der Waals surface area contributed by atoms with Crippen LogP contribution in [0.2, 0.25) is 0 Å². The molecule has 8 heteroatoms. The van der Waals surface area contributed by atoms with Gasteiger partial charge in [0.05, 0.1) is 6.54 Å². The molecular weight excluding hydrogens is 444 g/mol. The summed E-state index contributed by atoms with van der Waals surface area (Å²) in [5, 5.41) is 16.0. The molecule has 1 atom stereocenters. The lowest BCUT2D eigenvalue weighted by Gasteiger charge is -2.30. The number of piperidine rings is 1. The topological polar surface area (TPSA) is 109 Å². The summed E-state index contributed by atoms with van der Waals surface area (Å²) in [5.74, 6) is 0.777. The van der Waals surface area contributed by atoms with Gasteiger partial charge in [-0.05, 0) is 37.2 Å².